The third-order valence-electron chi connectivity index (χ3n) is 3.09. The maximum absolute atomic E-state index is 12.2. The smallest absolute Gasteiger partial charge is 0.305 e. The van der Waals surface area contributed by atoms with E-state index in [2.05, 4.69) is 4.72 Å². The van der Waals surface area contributed by atoms with Crippen molar-refractivity contribution in [2.24, 2.45) is 0 Å². The highest BCUT2D eigenvalue weighted by Crippen LogP contribution is 2.22. The van der Waals surface area contributed by atoms with Crippen molar-refractivity contribution in [2.45, 2.75) is 38.5 Å². The van der Waals surface area contributed by atoms with Crippen LogP contribution in [0, 0.1) is 13.8 Å². The molecular formula is C14H22N2O4S. The zero-order valence-corrected chi connectivity index (χ0v) is 13.4. The summed E-state index contributed by atoms with van der Waals surface area (Å²) in [6, 6.07) is 3.17. The topological polar surface area (TPSA) is 98.5 Å². The Morgan fingerprint density at radius 1 is 1.33 bits per heavy atom. The highest BCUT2D eigenvalue weighted by molar-refractivity contribution is 7.89. The number of sulfonamides is 1. The van der Waals surface area contributed by atoms with Crippen LogP contribution >= 0.6 is 0 Å². The molecule has 0 saturated carbocycles. The molecule has 3 N–H and O–H groups in total. The number of nitrogens with two attached hydrogens (primary N) is 1. The molecule has 0 radical (unpaired) electrons. The summed E-state index contributed by atoms with van der Waals surface area (Å²) in [5.74, 6) is -0.326. The molecule has 0 aliphatic heterocycles. The first-order chi connectivity index (χ1) is 9.77. The summed E-state index contributed by atoms with van der Waals surface area (Å²) < 4.78 is 31.7. The average molecular weight is 314 g/mol. The predicted octanol–water partition coefficient (Wildman–Crippen LogP) is 1.51. The lowest BCUT2D eigenvalue weighted by molar-refractivity contribution is -0.143. The molecular weight excluding hydrogens is 292 g/mol. The molecule has 1 rings (SSSR count). The fourth-order valence-corrected chi connectivity index (χ4v) is 3.31. The summed E-state index contributed by atoms with van der Waals surface area (Å²) in [4.78, 5) is 11.3. The lowest BCUT2D eigenvalue weighted by atomic mass is 10.1. The molecule has 0 bridgehead atoms. The normalized spacial score (nSPS) is 11.4. The van der Waals surface area contributed by atoms with Crippen molar-refractivity contribution in [3.8, 4) is 0 Å². The summed E-state index contributed by atoms with van der Waals surface area (Å²) >= 11 is 0. The van der Waals surface area contributed by atoms with Crippen molar-refractivity contribution in [3.63, 3.8) is 0 Å². The highest BCUT2D eigenvalue weighted by atomic mass is 32.2. The van der Waals surface area contributed by atoms with Crippen LogP contribution in [0.25, 0.3) is 0 Å². The zero-order valence-electron chi connectivity index (χ0n) is 12.6. The number of hydrogen-bond donors (Lipinski definition) is 2. The first kappa shape index (κ1) is 17.5. The average Bonchev–Trinajstić information content (AvgIpc) is 2.39. The number of hydrogen-bond acceptors (Lipinski definition) is 5. The maximum atomic E-state index is 12.2. The molecule has 0 heterocycles. The molecule has 7 heteroatoms. The van der Waals surface area contributed by atoms with E-state index in [0.29, 0.717) is 24.3 Å². The molecule has 21 heavy (non-hydrogen) atoms. The summed E-state index contributed by atoms with van der Waals surface area (Å²) in [7, 11) is -3.63. The van der Waals surface area contributed by atoms with E-state index in [-0.39, 0.29) is 23.8 Å². The molecule has 1 aromatic carbocycles. The minimum atomic E-state index is -3.63. The molecule has 0 aromatic heterocycles. The molecule has 118 valence electrons. The van der Waals surface area contributed by atoms with E-state index < -0.39 is 10.0 Å². The van der Waals surface area contributed by atoms with Gasteiger partial charge in [0, 0.05) is 18.7 Å². The number of rotatable bonds is 7. The number of nitrogens with one attached hydrogen (secondary N) is 1. The van der Waals surface area contributed by atoms with E-state index >= 15 is 0 Å². The first-order valence-electron chi connectivity index (χ1n) is 6.80. The van der Waals surface area contributed by atoms with Crippen LogP contribution in [0.5, 0.6) is 0 Å². The van der Waals surface area contributed by atoms with Crippen LogP contribution in [0.1, 0.15) is 30.9 Å². The number of esters is 1. The fourth-order valence-electron chi connectivity index (χ4n) is 1.88. The molecule has 0 atom stereocenters. The number of ether oxygens (including phenoxy) is 1. The van der Waals surface area contributed by atoms with Gasteiger partial charge in [-0.3, -0.25) is 4.79 Å². The molecule has 0 fully saturated rings. The quantitative estimate of drug-likeness (QED) is 0.451. The Labute approximate surface area is 125 Å². The summed E-state index contributed by atoms with van der Waals surface area (Å²) in [6.07, 6.45) is 0.573. The van der Waals surface area contributed by atoms with Crippen molar-refractivity contribution in [1.82, 2.24) is 4.72 Å². The van der Waals surface area contributed by atoms with E-state index in [1.807, 2.05) is 6.92 Å². The molecule has 0 aliphatic carbocycles. The minimum Gasteiger partial charge on any atom is -0.466 e. The third-order valence-corrected chi connectivity index (χ3v) is 4.67. The first-order valence-corrected chi connectivity index (χ1v) is 8.28. The Hall–Kier alpha value is -1.60. The van der Waals surface area contributed by atoms with Gasteiger partial charge in [0.1, 0.15) is 0 Å². The van der Waals surface area contributed by atoms with E-state index in [1.165, 1.54) is 6.07 Å². The van der Waals surface area contributed by atoms with Crippen molar-refractivity contribution in [2.75, 3.05) is 18.9 Å². The van der Waals surface area contributed by atoms with Crippen LogP contribution in [0.2, 0.25) is 0 Å². The zero-order chi connectivity index (χ0) is 16.0. The Morgan fingerprint density at radius 3 is 2.62 bits per heavy atom. The number of carbonyl (C=O) groups is 1. The summed E-state index contributed by atoms with van der Waals surface area (Å²) in [5, 5.41) is 0. The van der Waals surface area contributed by atoms with Crippen LogP contribution < -0.4 is 10.5 Å². The summed E-state index contributed by atoms with van der Waals surface area (Å²) in [5.41, 5.74) is 7.60. The number of carbonyl (C=O) groups excluding carboxylic acids is 1. The second-order valence-electron chi connectivity index (χ2n) is 4.77. The van der Waals surface area contributed by atoms with Crippen molar-refractivity contribution in [3.05, 3.63) is 23.3 Å². The largest absolute Gasteiger partial charge is 0.466 e. The van der Waals surface area contributed by atoms with Gasteiger partial charge in [-0.05, 0) is 50.5 Å². The lowest BCUT2D eigenvalue weighted by Crippen LogP contribution is -2.26. The minimum absolute atomic E-state index is 0.175. The molecule has 0 saturated heterocycles. The van der Waals surface area contributed by atoms with Crippen LogP contribution in [-0.2, 0) is 19.6 Å². The van der Waals surface area contributed by atoms with Gasteiger partial charge in [-0.2, -0.15) is 0 Å². The van der Waals surface area contributed by atoms with E-state index in [4.69, 9.17) is 10.5 Å². The van der Waals surface area contributed by atoms with Crippen molar-refractivity contribution >= 4 is 21.7 Å². The second kappa shape index (κ2) is 7.42. The monoisotopic (exact) mass is 314 g/mol. The van der Waals surface area contributed by atoms with Crippen LogP contribution in [0.4, 0.5) is 5.69 Å². The molecule has 1 aromatic rings. The number of aryl methyl sites for hydroxylation is 1. The molecule has 6 nitrogen and oxygen atoms in total. The van der Waals surface area contributed by atoms with Gasteiger partial charge < -0.3 is 10.5 Å². The number of nitrogen functional groups attached to an aromatic ring is 1. The molecule has 0 spiro atoms. The highest BCUT2D eigenvalue weighted by Gasteiger charge is 2.18. The van der Waals surface area contributed by atoms with E-state index in [0.717, 1.165) is 5.56 Å². The molecule has 0 amide bonds. The van der Waals surface area contributed by atoms with Crippen LogP contribution in [0.15, 0.2) is 17.0 Å². The van der Waals surface area contributed by atoms with Crippen molar-refractivity contribution in [1.29, 1.82) is 0 Å². The van der Waals surface area contributed by atoms with Gasteiger partial charge in [0.2, 0.25) is 10.0 Å². The van der Waals surface area contributed by atoms with Gasteiger partial charge in [-0.15, -0.1) is 0 Å². The van der Waals surface area contributed by atoms with Gasteiger partial charge in [-0.1, -0.05) is 0 Å². The molecule has 0 unspecified atom stereocenters. The number of benzene rings is 1. The van der Waals surface area contributed by atoms with Crippen LogP contribution in [-0.4, -0.2) is 27.5 Å². The Kier molecular flexibility index (Phi) is 6.17. The van der Waals surface area contributed by atoms with Gasteiger partial charge in [0.05, 0.1) is 11.5 Å². The number of anilines is 1. The Bertz CT molecular complexity index is 612. The Morgan fingerprint density at radius 2 is 2.00 bits per heavy atom. The second-order valence-corrected chi connectivity index (χ2v) is 6.50. The van der Waals surface area contributed by atoms with Gasteiger partial charge in [-0.25, -0.2) is 13.1 Å². The third kappa shape index (κ3) is 5.02. The SMILES string of the molecule is CCOC(=O)CCCNS(=O)(=O)c1cc(N)cc(C)c1C. The lowest BCUT2D eigenvalue weighted by Gasteiger charge is -2.12. The van der Waals surface area contributed by atoms with Gasteiger partial charge in [0.25, 0.3) is 0 Å². The maximum Gasteiger partial charge on any atom is 0.305 e. The fraction of sp³-hybridized carbons (Fsp3) is 0.500. The Balaban J connectivity index is 2.69. The molecule has 0 aliphatic rings. The van der Waals surface area contributed by atoms with Crippen LogP contribution in [0.3, 0.4) is 0 Å². The van der Waals surface area contributed by atoms with Crippen molar-refractivity contribution < 1.29 is 17.9 Å². The predicted molar refractivity (Wildman–Crippen MR) is 81.4 cm³/mol. The van der Waals surface area contributed by atoms with E-state index in [9.17, 15) is 13.2 Å². The van der Waals surface area contributed by atoms with Gasteiger partial charge >= 0.3 is 5.97 Å². The standard InChI is InChI=1S/C14H22N2O4S/c1-4-20-14(17)6-5-7-16-21(18,19)13-9-12(15)8-10(2)11(13)3/h8-9,16H,4-7,15H2,1-3H3. The van der Waals surface area contributed by atoms with E-state index in [1.54, 1.807) is 19.9 Å². The van der Waals surface area contributed by atoms with Gasteiger partial charge in [0.15, 0.2) is 0 Å². The summed E-state index contributed by atoms with van der Waals surface area (Å²) in [6.45, 7) is 5.78.